The van der Waals surface area contributed by atoms with Gasteiger partial charge in [-0.25, -0.2) is 0 Å². The van der Waals surface area contributed by atoms with Gasteiger partial charge in [-0.3, -0.25) is 9.59 Å². The molecule has 6 rings (SSSR count). The van der Waals surface area contributed by atoms with Gasteiger partial charge < -0.3 is 18.9 Å². The van der Waals surface area contributed by atoms with Gasteiger partial charge in [0.1, 0.15) is 0 Å². The van der Waals surface area contributed by atoms with E-state index in [0.29, 0.717) is 36.6 Å². The molecule has 26 heavy (non-hydrogen) atoms. The first-order valence-electron chi connectivity index (χ1n) is 10.4. The van der Waals surface area contributed by atoms with Crippen molar-refractivity contribution in [3.63, 3.8) is 0 Å². The number of carbonyl (C=O) groups is 2. The molecule has 3 aliphatic carbocycles. The van der Waals surface area contributed by atoms with Crippen molar-refractivity contribution < 1.29 is 28.5 Å². The van der Waals surface area contributed by atoms with Gasteiger partial charge in [0.2, 0.25) is 6.29 Å². The molecule has 0 aromatic rings. The Balaban J connectivity index is 1.16. The molecule has 10 unspecified atom stereocenters. The summed E-state index contributed by atoms with van der Waals surface area (Å²) in [6, 6.07) is 0. The quantitative estimate of drug-likeness (QED) is 0.554. The summed E-state index contributed by atoms with van der Waals surface area (Å²) < 4.78 is 22.6. The minimum Gasteiger partial charge on any atom is -0.425 e. The molecular formula is C20H26O6. The van der Waals surface area contributed by atoms with Crippen LogP contribution in [-0.2, 0) is 28.5 Å². The monoisotopic (exact) mass is 362 g/mol. The van der Waals surface area contributed by atoms with Gasteiger partial charge in [0, 0.05) is 12.3 Å². The van der Waals surface area contributed by atoms with Gasteiger partial charge in [0.05, 0.1) is 30.3 Å². The van der Waals surface area contributed by atoms with Crippen LogP contribution in [0.5, 0.6) is 0 Å². The Labute approximate surface area is 152 Å². The highest BCUT2D eigenvalue weighted by molar-refractivity contribution is 5.78. The standard InChI is InChI=1S/C20H26O6/c21-16-6-3-11-17(9-1-4-12-14(7-9)23-12)18(11)19(22)26-20(25-16)10-2-5-13-15(8-10)24-13/h9-15,17-18,20H,1-8H2. The van der Waals surface area contributed by atoms with Crippen LogP contribution in [0.3, 0.4) is 0 Å². The highest BCUT2D eigenvalue weighted by atomic mass is 16.7. The average molecular weight is 362 g/mol. The van der Waals surface area contributed by atoms with Crippen LogP contribution in [-0.4, -0.2) is 42.6 Å². The summed E-state index contributed by atoms with van der Waals surface area (Å²) in [6.45, 7) is 0. The third-order valence-corrected chi connectivity index (χ3v) is 7.68. The van der Waals surface area contributed by atoms with Crippen molar-refractivity contribution in [2.45, 2.75) is 82.1 Å². The van der Waals surface area contributed by atoms with E-state index in [1.54, 1.807) is 0 Å². The number of esters is 2. The van der Waals surface area contributed by atoms with Gasteiger partial charge in [-0.1, -0.05) is 0 Å². The van der Waals surface area contributed by atoms with Gasteiger partial charge in [0.25, 0.3) is 0 Å². The Morgan fingerprint density at radius 2 is 1.42 bits per heavy atom. The molecule has 0 bridgehead atoms. The molecule has 3 saturated heterocycles. The Kier molecular flexibility index (Phi) is 3.47. The molecule has 0 amide bonds. The van der Waals surface area contributed by atoms with Crippen molar-refractivity contribution in [3.8, 4) is 0 Å². The van der Waals surface area contributed by atoms with Crippen LogP contribution in [0.15, 0.2) is 0 Å². The summed E-state index contributed by atoms with van der Waals surface area (Å²) in [4.78, 5) is 25.2. The van der Waals surface area contributed by atoms with E-state index >= 15 is 0 Å². The van der Waals surface area contributed by atoms with Crippen LogP contribution in [0.4, 0.5) is 0 Å². The first-order chi connectivity index (χ1) is 12.7. The average Bonchev–Trinajstić information content (AvgIpc) is 3.50. The topological polar surface area (TPSA) is 77.7 Å². The summed E-state index contributed by atoms with van der Waals surface area (Å²) in [5.74, 6) is 0.889. The fourth-order valence-corrected chi connectivity index (χ4v) is 6.10. The lowest BCUT2D eigenvalue weighted by molar-refractivity contribution is -0.200. The van der Waals surface area contributed by atoms with Crippen LogP contribution in [0.25, 0.3) is 0 Å². The maximum atomic E-state index is 12.9. The molecule has 142 valence electrons. The van der Waals surface area contributed by atoms with Crippen molar-refractivity contribution in [1.29, 1.82) is 0 Å². The smallest absolute Gasteiger partial charge is 0.312 e. The van der Waals surface area contributed by atoms with E-state index in [4.69, 9.17) is 18.9 Å². The maximum absolute atomic E-state index is 12.9. The van der Waals surface area contributed by atoms with E-state index < -0.39 is 6.29 Å². The first kappa shape index (κ1) is 15.9. The zero-order valence-corrected chi connectivity index (χ0v) is 14.9. The van der Waals surface area contributed by atoms with Crippen LogP contribution in [0.1, 0.15) is 51.4 Å². The summed E-state index contributed by atoms with van der Waals surface area (Å²) in [5.41, 5.74) is 0. The second kappa shape index (κ2) is 5.68. The zero-order chi connectivity index (χ0) is 17.4. The minimum atomic E-state index is -0.720. The fourth-order valence-electron chi connectivity index (χ4n) is 6.10. The lowest BCUT2D eigenvalue weighted by Gasteiger charge is -2.28. The molecule has 6 nitrogen and oxygen atoms in total. The van der Waals surface area contributed by atoms with E-state index in [-0.39, 0.29) is 35.8 Å². The molecule has 0 radical (unpaired) electrons. The molecule has 6 fully saturated rings. The summed E-state index contributed by atoms with van der Waals surface area (Å²) in [7, 11) is 0. The van der Waals surface area contributed by atoms with E-state index in [1.807, 2.05) is 0 Å². The predicted octanol–water partition coefficient (Wildman–Crippen LogP) is 2.19. The normalized spacial score (nSPS) is 54.9. The Morgan fingerprint density at radius 3 is 2.15 bits per heavy atom. The highest BCUT2D eigenvalue weighted by Gasteiger charge is 2.61. The third-order valence-electron chi connectivity index (χ3n) is 7.68. The predicted molar refractivity (Wildman–Crippen MR) is 87.7 cm³/mol. The maximum Gasteiger partial charge on any atom is 0.312 e. The number of ether oxygens (including phenoxy) is 4. The summed E-state index contributed by atoms with van der Waals surface area (Å²) in [5, 5.41) is 0. The SMILES string of the molecule is O=C1CCC2C(C(=O)OC(C3CCC4OC4C3)O1)C2C1CCC2OC2C1. The van der Waals surface area contributed by atoms with Gasteiger partial charge >= 0.3 is 11.9 Å². The van der Waals surface area contributed by atoms with E-state index in [0.717, 1.165) is 44.9 Å². The highest BCUT2D eigenvalue weighted by Crippen LogP contribution is 2.59. The zero-order valence-electron chi connectivity index (χ0n) is 14.9. The van der Waals surface area contributed by atoms with Crippen molar-refractivity contribution in [2.75, 3.05) is 0 Å². The Bertz CT molecular complexity index is 634. The van der Waals surface area contributed by atoms with E-state index in [1.165, 1.54) is 0 Å². The number of rotatable bonds is 2. The molecule has 0 spiro atoms. The third kappa shape index (κ3) is 2.68. The number of hydrogen-bond donors (Lipinski definition) is 0. The van der Waals surface area contributed by atoms with Crippen LogP contribution >= 0.6 is 0 Å². The molecule has 0 aromatic carbocycles. The van der Waals surface area contributed by atoms with Crippen molar-refractivity contribution in [2.24, 2.45) is 29.6 Å². The number of epoxide rings is 2. The Hall–Kier alpha value is -1.14. The lowest BCUT2D eigenvalue weighted by atomic mass is 9.84. The fraction of sp³-hybridized carbons (Fsp3) is 0.900. The molecule has 3 heterocycles. The minimum absolute atomic E-state index is 0.0409. The molecule has 6 aliphatic rings. The Morgan fingerprint density at radius 1 is 0.731 bits per heavy atom. The van der Waals surface area contributed by atoms with Crippen LogP contribution in [0.2, 0.25) is 0 Å². The van der Waals surface area contributed by atoms with Gasteiger partial charge in [0.15, 0.2) is 0 Å². The van der Waals surface area contributed by atoms with Crippen molar-refractivity contribution in [3.05, 3.63) is 0 Å². The number of carbonyl (C=O) groups excluding carboxylic acids is 2. The van der Waals surface area contributed by atoms with Crippen molar-refractivity contribution in [1.82, 2.24) is 0 Å². The van der Waals surface area contributed by atoms with Gasteiger partial charge in [-0.15, -0.1) is 0 Å². The second-order valence-electron chi connectivity index (χ2n) is 9.17. The van der Waals surface area contributed by atoms with Crippen LogP contribution < -0.4 is 0 Å². The van der Waals surface area contributed by atoms with E-state index in [9.17, 15) is 9.59 Å². The van der Waals surface area contributed by atoms with Gasteiger partial charge in [-0.2, -0.15) is 0 Å². The first-order valence-corrected chi connectivity index (χ1v) is 10.4. The van der Waals surface area contributed by atoms with Crippen molar-refractivity contribution >= 4 is 11.9 Å². The second-order valence-corrected chi connectivity index (χ2v) is 9.17. The molecule has 10 atom stereocenters. The van der Waals surface area contributed by atoms with Gasteiger partial charge in [-0.05, 0) is 62.7 Å². The largest absolute Gasteiger partial charge is 0.425 e. The molecule has 0 aromatic heterocycles. The molecule has 3 saturated carbocycles. The number of hydrogen-bond acceptors (Lipinski definition) is 6. The summed E-state index contributed by atoms with van der Waals surface area (Å²) in [6.07, 6.45) is 8.02. The summed E-state index contributed by atoms with van der Waals surface area (Å²) >= 11 is 0. The van der Waals surface area contributed by atoms with E-state index in [2.05, 4.69) is 0 Å². The number of cyclic esters (lactones) is 2. The molecular weight excluding hydrogens is 336 g/mol. The lowest BCUT2D eigenvalue weighted by Crippen LogP contribution is -2.35. The molecule has 6 heteroatoms. The number of fused-ring (bicyclic) bond motifs is 3. The molecule has 3 aliphatic heterocycles. The van der Waals surface area contributed by atoms with Crippen LogP contribution in [0, 0.1) is 29.6 Å². The molecule has 0 N–H and O–H groups in total.